The molecular weight excluding hydrogens is 496 g/mol. The molecule has 208 valence electrons. The summed E-state index contributed by atoms with van der Waals surface area (Å²) in [6.45, 7) is 7.18. The number of benzene rings is 2. The van der Waals surface area contributed by atoms with E-state index in [2.05, 4.69) is 10.2 Å². The van der Waals surface area contributed by atoms with E-state index in [0.29, 0.717) is 69.6 Å². The Labute approximate surface area is 230 Å². The van der Waals surface area contributed by atoms with Crippen LogP contribution in [0, 0.1) is 0 Å². The van der Waals surface area contributed by atoms with E-state index in [1.54, 1.807) is 22.1 Å². The number of anilines is 1. The van der Waals surface area contributed by atoms with E-state index >= 15 is 0 Å². The number of nitrogens with zero attached hydrogens (tertiary/aromatic N) is 3. The van der Waals surface area contributed by atoms with Crippen molar-refractivity contribution in [1.29, 1.82) is 0 Å². The van der Waals surface area contributed by atoms with Crippen LogP contribution in [0.1, 0.15) is 18.2 Å². The Morgan fingerprint density at radius 1 is 0.949 bits per heavy atom. The molecule has 0 radical (unpaired) electrons. The maximum atomic E-state index is 13.7. The average molecular weight is 535 g/mol. The Bertz CT molecular complexity index is 1150. The number of para-hydroxylation sites is 2. The van der Waals surface area contributed by atoms with Crippen molar-refractivity contribution in [2.45, 2.75) is 19.9 Å². The smallest absolute Gasteiger partial charge is 0.322 e. The quantitative estimate of drug-likeness (QED) is 0.355. The first-order valence-corrected chi connectivity index (χ1v) is 13.5. The summed E-state index contributed by atoms with van der Waals surface area (Å²) in [7, 11) is 0. The summed E-state index contributed by atoms with van der Waals surface area (Å²) in [4.78, 5) is 32.8. The molecule has 1 N–H and O–H groups in total. The molecule has 3 aromatic rings. The van der Waals surface area contributed by atoms with Gasteiger partial charge in [0.2, 0.25) is 5.91 Å². The molecule has 1 aliphatic heterocycles. The van der Waals surface area contributed by atoms with Gasteiger partial charge < -0.3 is 29.0 Å². The Hall–Kier alpha value is -3.82. The second kappa shape index (κ2) is 14.9. The molecule has 0 atom stereocenters. The predicted molar refractivity (Wildman–Crippen MR) is 150 cm³/mol. The van der Waals surface area contributed by atoms with Gasteiger partial charge in [0.15, 0.2) is 0 Å². The third-order valence-electron chi connectivity index (χ3n) is 6.62. The number of urea groups is 1. The van der Waals surface area contributed by atoms with Gasteiger partial charge in [-0.05, 0) is 43.2 Å². The summed E-state index contributed by atoms with van der Waals surface area (Å²) in [6.07, 6.45) is 2.31. The van der Waals surface area contributed by atoms with Crippen molar-refractivity contribution in [2.24, 2.45) is 0 Å². The zero-order chi connectivity index (χ0) is 27.3. The van der Waals surface area contributed by atoms with Crippen LogP contribution in [0.5, 0.6) is 5.75 Å². The van der Waals surface area contributed by atoms with Gasteiger partial charge in [0.05, 0.1) is 38.3 Å². The highest BCUT2D eigenvalue weighted by atomic mass is 16.5. The van der Waals surface area contributed by atoms with Crippen LogP contribution < -0.4 is 10.1 Å². The van der Waals surface area contributed by atoms with Crippen LogP contribution in [0.4, 0.5) is 10.5 Å². The van der Waals surface area contributed by atoms with Gasteiger partial charge in [0.25, 0.3) is 0 Å². The van der Waals surface area contributed by atoms with Crippen LogP contribution in [0.25, 0.3) is 0 Å². The van der Waals surface area contributed by atoms with E-state index in [9.17, 15) is 9.59 Å². The Morgan fingerprint density at radius 3 is 2.46 bits per heavy atom. The zero-order valence-electron chi connectivity index (χ0n) is 22.6. The van der Waals surface area contributed by atoms with Gasteiger partial charge in [-0.1, -0.05) is 42.5 Å². The maximum Gasteiger partial charge on any atom is 0.322 e. The largest absolute Gasteiger partial charge is 0.492 e. The Morgan fingerprint density at radius 2 is 1.72 bits per heavy atom. The van der Waals surface area contributed by atoms with Gasteiger partial charge in [0, 0.05) is 32.7 Å². The van der Waals surface area contributed by atoms with Crippen molar-refractivity contribution >= 4 is 17.6 Å². The van der Waals surface area contributed by atoms with Crippen molar-refractivity contribution in [3.63, 3.8) is 0 Å². The molecule has 0 bridgehead atoms. The zero-order valence-corrected chi connectivity index (χ0v) is 22.6. The van der Waals surface area contributed by atoms with E-state index in [0.717, 1.165) is 18.7 Å². The highest BCUT2D eigenvalue weighted by Crippen LogP contribution is 2.24. The topological polar surface area (TPSA) is 87.5 Å². The number of hydrogen-bond donors (Lipinski definition) is 1. The minimum absolute atomic E-state index is 0.0531. The van der Waals surface area contributed by atoms with Crippen LogP contribution >= 0.6 is 0 Å². The van der Waals surface area contributed by atoms with Crippen LogP contribution in [-0.2, 0) is 22.5 Å². The normalized spacial score (nSPS) is 13.6. The summed E-state index contributed by atoms with van der Waals surface area (Å²) < 4.78 is 16.7. The second-order valence-corrected chi connectivity index (χ2v) is 9.37. The van der Waals surface area contributed by atoms with Crippen molar-refractivity contribution in [2.75, 3.05) is 64.4 Å². The summed E-state index contributed by atoms with van der Waals surface area (Å²) in [5.41, 5.74) is 1.72. The van der Waals surface area contributed by atoms with Crippen LogP contribution in [0.15, 0.2) is 77.4 Å². The fraction of sp³-hybridized carbons (Fsp3) is 0.400. The molecule has 1 aromatic heterocycles. The molecule has 2 aromatic carbocycles. The van der Waals surface area contributed by atoms with Crippen LogP contribution in [0.2, 0.25) is 0 Å². The number of hydrogen-bond acceptors (Lipinski definition) is 6. The highest BCUT2D eigenvalue weighted by molar-refractivity contribution is 5.93. The molecule has 1 fully saturated rings. The average Bonchev–Trinajstić information content (AvgIpc) is 3.48. The third kappa shape index (κ3) is 8.87. The molecule has 0 unspecified atom stereocenters. The SMILES string of the molecule is CCOc1ccccc1NC(=O)N(CCN1CCOCC1)CC(=O)N(CCc1ccccc1)Cc1ccco1. The first-order valence-electron chi connectivity index (χ1n) is 13.5. The first-order chi connectivity index (χ1) is 19.1. The van der Waals surface area contributed by atoms with Crippen molar-refractivity contribution in [3.8, 4) is 5.75 Å². The second-order valence-electron chi connectivity index (χ2n) is 9.37. The maximum absolute atomic E-state index is 13.7. The van der Waals surface area contributed by atoms with Crippen LogP contribution in [0.3, 0.4) is 0 Å². The van der Waals surface area contributed by atoms with Crippen molar-refractivity contribution in [3.05, 3.63) is 84.3 Å². The van der Waals surface area contributed by atoms with E-state index in [-0.39, 0.29) is 18.5 Å². The monoisotopic (exact) mass is 534 g/mol. The lowest BCUT2D eigenvalue weighted by atomic mass is 10.1. The molecule has 4 rings (SSSR count). The van der Waals surface area contributed by atoms with Crippen molar-refractivity contribution < 1.29 is 23.5 Å². The summed E-state index contributed by atoms with van der Waals surface area (Å²) in [5.74, 6) is 1.15. The van der Waals surface area contributed by atoms with E-state index in [1.165, 1.54) is 0 Å². The Kier molecular flexibility index (Phi) is 10.8. The molecule has 1 aliphatic rings. The summed E-state index contributed by atoms with van der Waals surface area (Å²) in [5, 5.41) is 2.96. The van der Waals surface area contributed by atoms with Crippen molar-refractivity contribution in [1.82, 2.24) is 14.7 Å². The molecular formula is C30H38N4O5. The van der Waals surface area contributed by atoms with E-state index in [4.69, 9.17) is 13.9 Å². The van der Waals surface area contributed by atoms with Crippen LogP contribution in [-0.4, -0.2) is 85.7 Å². The molecule has 9 heteroatoms. The lowest BCUT2D eigenvalue weighted by Crippen LogP contribution is -2.48. The van der Waals surface area contributed by atoms with Gasteiger partial charge in [-0.2, -0.15) is 0 Å². The summed E-state index contributed by atoms with van der Waals surface area (Å²) in [6, 6.07) is 20.7. The molecule has 0 aliphatic carbocycles. The third-order valence-corrected chi connectivity index (χ3v) is 6.62. The highest BCUT2D eigenvalue weighted by Gasteiger charge is 2.24. The fourth-order valence-corrected chi connectivity index (χ4v) is 4.44. The number of carbonyl (C=O) groups excluding carboxylic acids is 2. The molecule has 0 saturated carbocycles. The fourth-order valence-electron chi connectivity index (χ4n) is 4.44. The van der Waals surface area contributed by atoms with Gasteiger partial charge in [-0.15, -0.1) is 0 Å². The molecule has 3 amide bonds. The van der Waals surface area contributed by atoms with Gasteiger partial charge in [-0.3, -0.25) is 9.69 Å². The molecule has 1 saturated heterocycles. The first kappa shape index (κ1) is 28.2. The lowest BCUT2D eigenvalue weighted by Gasteiger charge is -2.31. The number of ether oxygens (including phenoxy) is 2. The lowest BCUT2D eigenvalue weighted by molar-refractivity contribution is -0.132. The van der Waals surface area contributed by atoms with Gasteiger partial charge in [-0.25, -0.2) is 4.79 Å². The number of amides is 3. The van der Waals surface area contributed by atoms with Gasteiger partial charge in [0.1, 0.15) is 18.1 Å². The molecule has 2 heterocycles. The molecule has 9 nitrogen and oxygen atoms in total. The number of carbonyl (C=O) groups is 2. The molecule has 0 spiro atoms. The predicted octanol–water partition coefficient (Wildman–Crippen LogP) is 4.12. The number of morpholine rings is 1. The standard InChI is InChI=1S/C30H38N4O5/c1-2-38-28-13-7-6-12-27(28)31-30(36)34(17-16-32-18-21-37-22-19-32)24-29(35)33(23-26-11-8-20-39-26)15-14-25-9-4-3-5-10-25/h3-13,20H,2,14-19,21-24H2,1H3,(H,31,36). The minimum atomic E-state index is -0.343. The Balaban J connectivity index is 1.48. The summed E-state index contributed by atoms with van der Waals surface area (Å²) >= 11 is 0. The number of nitrogens with one attached hydrogen (secondary N) is 1. The molecule has 39 heavy (non-hydrogen) atoms. The van der Waals surface area contributed by atoms with Gasteiger partial charge >= 0.3 is 6.03 Å². The van der Waals surface area contributed by atoms with E-state index in [1.807, 2.05) is 67.6 Å². The number of furan rings is 1. The number of rotatable bonds is 13. The van der Waals surface area contributed by atoms with E-state index < -0.39 is 0 Å². The minimum Gasteiger partial charge on any atom is -0.492 e.